The van der Waals surface area contributed by atoms with E-state index in [1.165, 1.54) is 27.8 Å². The Morgan fingerprint density at radius 2 is 1.58 bits per heavy atom. The third-order valence-electron chi connectivity index (χ3n) is 4.24. The maximum Gasteiger partial charge on any atom is 0.0253 e. The van der Waals surface area contributed by atoms with Gasteiger partial charge in [-0.05, 0) is 41.2 Å². The van der Waals surface area contributed by atoms with E-state index in [9.17, 15) is 0 Å². The van der Waals surface area contributed by atoms with Gasteiger partial charge in [-0.3, -0.25) is 0 Å². The van der Waals surface area contributed by atoms with Crippen molar-refractivity contribution in [1.82, 2.24) is 0 Å². The van der Waals surface area contributed by atoms with E-state index in [4.69, 9.17) is 0 Å². The second kappa shape index (κ2) is 7.63. The minimum atomic E-state index is 0.341. The van der Waals surface area contributed by atoms with Crippen LogP contribution in [0.15, 0.2) is 89.4 Å². The van der Waals surface area contributed by atoms with Crippen molar-refractivity contribution in [2.75, 3.05) is 0 Å². The molecule has 0 saturated carbocycles. The lowest BCUT2D eigenvalue weighted by Gasteiger charge is -2.15. The summed E-state index contributed by atoms with van der Waals surface area (Å²) in [6.45, 7) is 4.39. The van der Waals surface area contributed by atoms with Gasteiger partial charge in [0.2, 0.25) is 0 Å². The van der Waals surface area contributed by atoms with Gasteiger partial charge in [0.25, 0.3) is 0 Å². The summed E-state index contributed by atoms with van der Waals surface area (Å²) in [5.41, 5.74) is 6.35. The van der Waals surface area contributed by atoms with Gasteiger partial charge in [0.05, 0.1) is 0 Å². The zero-order valence-electron chi connectivity index (χ0n) is 14.0. The second-order valence-corrected chi connectivity index (χ2v) is 6.98. The van der Waals surface area contributed by atoms with Gasteiger partial charge in [0.15, 0.2) is 0 Å². The van der Waals surface area contributed by atoms with Crippen LogP contribution in [0.5, 0.6) is 0 Å². The zero-order chi connectivity index (χ0) is 16.9. The molecule has 0 heterocycles. The summed E-state index contributed by atoms with van der Waals surface area (Å²) in [5, 5.41) is 0. The molecule has 0 nitrogen and oxygen atoms in total. The van der Waals surface area contributed by atoms with E-state index in [1.807, 2.05) is 0 Å². The topological polar surface area (TPSA) is 0 Å². The van der Waals surface area contributed by atoms with Crippen molar-refractivity contribution in [2.45, 2.75) is 19.8 Å². The quantitative estimate of drug-likeness (QED) is 0.459. The van der Waals surface area contributed by atoms with E-state index in [0.717, 1.165) is 4.47 Å². The molecule has 0 saturated heterocycles. The summed E-state index contributed by atoms with van der Waals surface area (Å²) in [4.78, 5) is 0. The second-order valence-electron chi connectivity index (χ2n) is 6.13. The van der Waals surface area contributed by atoms with Gasteiger partial charge in [-0.25, -0.2) is 0 Å². The van der Waals surface area contributed by atoms with Crippen LogP contribution in [-0.4, -0.2) is 0 Å². The standard InChI is InChI=1S/C23H21Br/c1-17-9-8-12-20(15-17)22(21-13-6-7-14-23(21)24)16-18(2)19-10-4-3-5-11-19/h3-16,18H,1-2H3/b22-16+. The van der Waals surface area contributed by atoms with Crippen molar-refractivity contribution >= 4 is 21.5 Å². The molecule has 0 fully saturated rings. The summed E-state index contributed by atoms with van der Waals surface area (Å²) >= 11 is 3.72. The first-order valence-corrected chi connectivity index (χ1v) is 9.03. The van der Waals surface area contributed by atoms with Crippen molar-refractivity contribution < 1.29 is 0 Å². The molecule has 1 heteroatoms. The fraction of sp³-hybridized carbons (Fsp3) is 0.130. The van der Waals surface area contributed by atoms with Crippen molar-refractivity contribution in [3.63, 3.8) is 0 Å². The van der Waals surface area contributed by atoms with Gasteiger partial charge in [-0.1, -0.05) is 107 Å². The van der Waals surface area contributed by atoms with Crippen LogP contribution < -0.4 is 0 Å². The Morgan fingerprint density at radius 3 is 2.29 bits per heavy atom. The molecular formula is C23H21Br. The highest BCUT2D eigenvalue weighted by Gasteiger charge is 2.11. The number of aryl methyl sites for hydroxylation is 1. The Morgan fingerprint density at radius 1 is 0.875 bits per heavy atom. The molecule has 3 rings (SSSR count). The third-order valence-corrected chi connectivity index (χ3v) is 4.93. The predicted molar refractivity (Wildman–Crippen MR) is 107 cm³/mol. The molecule has 0 amide bonds. The molecule has 0 bridgehead atoms. The third kappa shape index (κ3) is 3.85. The Labute approximate surface area is 153 Å². The molecule has 0 aromatic heterocycles. The van der Waals surface area contributed by atoms with Crippen molar-refractivity contribution in [3.05, 3.63) is 112 Å². The summed E-state index contributed by atoms with van der Waals surface area (Å²) in [6.07, 6.45) is 2.37. The molecule has 0 aliphatic rings. The first-order chi connectivity index (χ1) is 11.6. The van der Waals surface area contributed by atoms with E-state index in [0.29, 0.717) is 5.92 Å². The molecule has 3 aromatic rings. The van der Waals surface area contributed by atoms with Crippen LogP contribution in [-0.2, 0) is 0 Å². The van der Waals surface area contributed by atoms with Crippen LogP contribution in [0.4, 0.5) is 0 Å². The van der Waals surface area contributed by atoms with Gasteiger partial charge in [-0.15, -0.1) is 0 Å². The number of hydrogen-bond donors (Lipinski definition) is 0. The molecule has 0 aliphatic carbocycles. The summed E-state index contributed by atoms with van der Waals surface area (Å²) in [5.74, 6) is 0.341. The molecule has 120 valence electrons. The van der Waals surface area contributed by atoms with E-state index in [2.05, 4.69) is 115 Å². The highest BCUT2D eigenvalue weighted by molar-refractivity contribution is 9.10. The van der Waals surface area contributed by atoms with Crippen LogP contribution in [0.3, 0.4) is 0 Å². The Balaban J connectivity index is 2.12. The number of allylic oxidation sites excluding steroid dienone is 1. The maximum atomic E-state index is 3.72. The average Bonchev–Trinajstić information content (AvgIpc) is 2.61. The smallest absolute Gasteiger partial charge is 0.0253 e. The molecule has 3 aromatic carbocycles. The zero-order valence-corrected chi connectivity index (χ0v) is 15.6. The van der Waals surface area contributed by atoms with Gasteiger partial charge in [0, 0.05) is 4.47 Å². The molecule has 0 N–H and O–H groups in total. The molecule has 0 radical (unpaired) electrons. The van der Waals surface area contributed by atoms with E-state index in [-0.39, 0.29) is 0 Å². The Kier molecular flexibility index (Phi) is 5.32. The normalized spacial score (nSPS) is 12.9. The first-order valence-electron chi connectivity index (χ1n) is 8.24. The lowest BCUT2D eigenvalue weighted by molar-refractivity contribution is 0.969. The largest absolute Gasteiger partial charge is 0.0688 e. The SMILES string of the molecule is Cc1cccc(/C(=C\C(C)c2ccccc2)c2ccccc2Br)c1. The van der Waals surface area contributed by atoms with Gasteiger partial charge in [-0.2, -0.15) is 0 Å². The predicted octanol–water partition coefficient (Wildman–Crippen LogP) is 6.99. The number of rotatable bonds is 4. The van der Waals surface area contributed by atoms with E-state index < -0.39 is 0 Å². The Hall–Kier alpha value is -2.12. The number of halogens is 1. The Bertz CT molecular complexity index is 847. The average molecular weight is 377 g/mol. The number of benzene rings is 3. The van der Waals surface area contributed by atoms with Crippen LogP contribution in [0.25, 0.3) is 5.57 Å². The van der Waals surface area contributed by atoms with Gasteiger partial charge in [0.1, 0.15) is 0 Å². The molecule has 0 spiro atoms. The molecule has 1 atom stereocenters. The molecule has 1 unspecified atom stereocenters. The summed E-state index contributed by atoms with van der Waals surface area (Å²) in [6, 6.07) is 27.8. The van der Waals surface area contributed by atoms with E-state index in [1.54, 1.807) is 0 Å². The number of hydrogen-bond acceptors (Lipinski definition) is 0. The first kappa shape index (κ1) is 16.7. The fourth-order valence-corrected chi connectivity index (χ4v) is 3.43. The van der Waals surface area contributed by atoms with E-state index >= 15 is 0 Å². The van der Waals surface area contributed by atoms with Crippen molar-refractivity contribution in [1.29, 1.82) is 0 Å². The van der Waals surface area contributed by atoms with Crippen LogP contribution in [0.1, 0.15) is 35.1 Å². The van der Waals surface area contributed by atoms with Crippen molar-refractivity contribution in [2.24, 2.45) is 0 Å². The van der Waals surface area contributed by atoms with Gasteiger partial charge >= 0.3 is 0 Å². The lowest BCUT2D eigenvalue weighted by atomic mass is 9.91. The highest BCUT2D eigenvalue weighted by atomic mass is 79.9. The van der Waals surface area contributed by atoms with Crippen molar-refractivity contribution in [3.8, 4) is 0 Å². The van der Waals surface area contributed by atoms with Gasteiger partial charge < -0.3 is 0 Å². The molecular weight excluding hydrogens is 356 g/mol. The monoisotopic (exact) mass is 376 g/mol. The molecule has 24 heavy (non-hydrogen) atoms. The highest BCUT2D eigenvalue weighted by Crippen LogP contribution is 2.33. The summed E-state index contributed by atoms with van der Waals surface area (Å²) < 4.78 is 1.12. The minimum absolute atomic E-state index is 0.341. The maximum absolute atomic E-state index is 3.72. The van der Waals surface area contributed by atoms with Crippen LogP contribution >= 0.6 is 15.9 Å². The minimum Gasteiger partial charge on any atom is -0.0688 e. The molecule has 0 aliphatic heterocycles. The summed E-state index contributed by atoms with van der Waals surface area (Å²) in [7, 11) is 0. The van der Waals surface area contributed by atoms with Crippen LogP contribution in [0.2, 0.25) is 0 Å². The van der Waals surface area contributed by atoms with Crippen LogP contribution in [0, 0.1) is 6.92 Å². The lowest BCUT2D eigenvalue weighted by Crippen LogP contribution is -1.95. The fourth-order valence-electron chi connectivity index (χ4n) is 2.94.